The zero-order valence-corrected chi connectivity index (χ0v) is 12.5. The van der Waals surface area contributed by atoms with Gasteiger partial charge in [-0.2, -0.15) is 4.98 Å². The van der Waals surface area contributed by atoms with Crippen LogP contribution in [-0.2, 0) is 0 Å². The molecule has 0 saturated carbocycles. The topological polar surface area (TPSA) is 58.0 Å². The van der Waals surface area contributed by atoms with Gasteiger partial charge in [0.2, 0.25) is 5.95 Å². The zero-order valence-electron chi connectivity index (χ0n) is 10.9. The predicted octanol–water partition coefficient (Wildman–Crippen LogP) is 3.99. The molecule has 0 spiro atoms. The summed E-state index contributed by atoms with van der Waals surface area (Å²) < 4.78 is 29.2. The molecule has 8 heteroatoms. The van der Waals surface area contributed by atoms with Crippen LogP contribution in [-0.4, -0.2) is 19.6 Å². The van der Waals surface area contributed by atoms with Gasteiger partial charge in [-0.15, -0.1) is 0 Å². The molecular weight excluding hydrogens is 356 g/mol. The van der Waals surface area contributed by atoms with E-state index in [0.29, 0.717) is 11.7 Å². The van der Waals surface area contributed by atoms with E-state index in [1.165, 1.54) is 12.1 Å². The first-order chi connectivity index (χ1) is 10.6. The summed E-state index contributed by atoms with van der Waals surface area (Å²) in [6.45, 7) is 0. The molecule has 0 fully saturated rings. The minimum atomic E-state index is -0.692. The number of hydrogen-bond acceptors (Lipinski definition) is 3. The van der Waals surface area contributed by atoms with Gasteiger partial charge in [0.25, 0.3) is 5.78 Å². The van der Waals surface area contributed by atoms with E-state index >= 15 is 0 Å². The van der Waals surface area contributed by atoms with E-state index in [9.17, 15) is 8.78 Å². The second-order valence-corrected chi connectivity index (χ2v) is 5.62. The van der Waals surface area contributed by atoms with Gasteiger partial charge in [0.1, 0.15) is 11.6 Å². The van der Waals surface area contributed by atoms with Crippen LogP contribution in [0.15, 0.2) is 40.9 Å². The molecule has 2 aromatic carbocycles. The average Bonchev–Trinajstić information content (AvgIpc) is 2.98. The van der Waals surface area contributed by atoms with Crippen LogP contribution < -0.4 is 5.32 Å². The Bertz CT molecular complexity index is 1010. The van der Waals surface area contributed by atoms with Crippen LogP contribution in [0, 0.1) is 11.6 Å². The van der Waals surface area contributed by atoms with Gasteiger partial charge in [-0.25, -0.2) is 18.3 Å². The van der Waals surface area contributed by atoms with Crippen molar-refractivity contribution in [3.05, 3.63) is 52.5 Å². The van der Waals surface area contributed by atoms with Crippen LogP contribution in [0.5, 0.6) is 0 Å². The Labute approximate surface area is 131 Å². The molecule has 4 rings (SSSR count). The summed E-state index contributed by atoms with van der Waals surface area (Å²) in [7, 11) is 0. The van der Waals surface area contributed by atoms with Crippen molar-refractivity contribution in [1.82, 2.24) is 19.6 Å². The maximum Gasteiger partial charge on any atom is 0.253 e. The number of halogens is 3. The highest BCUT2D eigenvalue weighted by Gasteiger charge is 2.11. The highest BCUT2D eigenvalue weighted by atomic mass is 79.9. The van der Waals surface area contributed by atoms with E-state index in [1.54, 1.807) is 4.52 Å². The van der Waals surface area contributed by atoms with Gasteiger partial charge in [0.15, 0.2) is 0 Å². The number of benzene rings is 2. The van der Waals surface area contributed by atoms with Crippen molar-refractivity contribution >= 4 is 44.4 Å². The summed E-state index contributed by atoms with van der Waals surface area (Å²) in [5, 5.41) is 5.76. The van der Waals surface area contributed by atoms with Gasteiger partial charge in [-0.05, 0) is 30.3 Å². The molecule has 0 amide bonds. The van der Waals surface area contributed by atoms with Crippen molar-refractivity contribution in [2.24, 2.45) is 0 Å². The Morgan fingerprint density at radius 1 is 1.09 bits per heavy atom. The fourth-order valence-corrected chi connectivity index (χ4v) is 2.58. The fourth-order valence-electron chi connectivity index (χ4n) is 2.23. The van der Waals surface area contributed by atoms with Crippen LogP contribution in [0.3, 0.4) is 0 Å². The third-order valence-corrected chi connectivity index (χ3v) is 3.71. The summed E-state index contributed by atoms with van der Waals surface area (Å²) >= 11 is 3.39. The summed E-state index contributed by atoms with van der Waals surface area (Å²) in [5.74, 6) is -0.548. The molecule has 0 unspecified atom stereocenters. The number of nitrogens with zero attached hydrogens (tertiary/aromatic N) is 3. The molecule has 5 nitrogen and oxygen atoms in total. The Morgan fingerprint density at radius 2 is 1.95 bits per heavy atom. The number of fused-ring (bicyclic) bond motifs is 3. The number of hydrogen-bond donors (Lipinski definition) is 2. The molecule has 0 aliphatic heterocycles. The van der Waals surface area contributed by atoms with Crippen molar-refractivity contribution in [3.63, 3.8) is 0 Å². The molecular formula is C14H8BrF2N5. The predicted molar refractivity (Wildman–Crippen MR) is 82.2 cm³/mol. The SMILES string of the molecule is Fc1ccc(Nc2nc3nc4cc(Br)ccc4n3[nH]2)c(F)c1. The molecule has 0 saturated heterocycles. The van der Waals surface area contributed by atoms with E-state index in [2.05, 4.69) is 36.3 Å². The second-order valence-electron chi connectivity index (χ2n) is 4.70. The van der Waals surface area contributed by atoms with E-state index in [-0.39, 0.29) is 5.69 Å². The molecule has 0 bridgehead atoms. The van der Waals surface area contributed by atoms with Crippen LogP contribution >= 0.6 is 15.9 Å². The maximum atomic E-state index is 13.6. The summed E-state index contributed by atoms with van der Waals surface area (Å²) in [6.07, 6.45) is 0. The molecule has 2 heterocycles. The van der Waals surface area contributed by atoms with E-state index in [1.807, 2.05) is 18.2 Å². The molecule has 2 N–H and O–H groups in total. The summed E-state index contributed by atoms with van der Waals surface area (Å²) in [5.41, 5.74) is 1.76. The van der Waals surface area contributed by atoms with E-state index in [4.69, 9.17) is 0 Å². The highest BCUT2D eigenvalue weighted by Crippen LogP contribution is 2.23. The first-order valence-electron chi connectivity index (χ1n) is 6.36. The van der Waals surface area contributed by atoms with Gasteiger partial charge in [0, 0.05) is 10.5 Å². The normalized spacial score (nSPS) is 11.4. The minimum Gasteiger partial charge on any atom is -0.322 e. The van der Waals surface area contributed by atoms with Crippen LogP contribution in [0.4, 0.5) is 20.4 Å². The number of aromatic amines is 1. The summed E-state index contributed by atoms with van der Waals surface area (Å²) in [4.78, 5) is 8.62. The van der Waals surface area contributed by atoms with Gasteiger partial charge in [-0.1, -0.05) is 15.9 Å². The van der Waals surface area contributed by atoms with Crippen molar-refractivity contribution in [3.8, 4) is 0 Å². The smallest absolute Gasteiger partial charge is 0.253 e. The number of nitrogens with one attached hydrogen (secondary N) is 2. The third kappa shape index (κ3) is 2.12. The first kappa shape index (κ1) is 13.2. The lowest BCUT2D eigenvalue weighted by Crippen LogP contribution is -1.97. The Morgan fingerprint density at radius 3 is 2.77 bits per heavy atom. The average molecular weight is 364 g/mol. The largest absolute Gasteiger partial charge is 0.322 e. The molecule has 0 radical (unpaired) electrons. The molecule has 0 aliphatic rings. The van der Waals surface area contributed by atoms with Crippen molar-refractivity contribution in [1.29, 1.82) is 0 Å². The second kappa shape index (κ2) is 4.77. The maximum absolute atomic E-state index is 13.6. The van der Waals surface area contributed by atoms with Gasteiger partial charge in [-0.3, -0.25) is 5.10 Å². The zero-order chi connectivity index (χ0) is 15.3. The van der Waals surface area contributed by atoms with Crippen LogP contribution in [0.25, 0.3) is 16.8 Å². The lowest BCUT2D eigenvalue weighted by atomic mass is 10.3. The van der Waals surface area contributed by atoms with Crippen LogP contribution in [0.2, 0.25) is 0 Å². The van der Waals surface area contributed by atoms with Crippen molar-refractivity contribution in [2.45, 2.75) is 0 Å². The molecule has 110 valence electrons. The monoisotopic (exact) mass is 363 g/mol. The highest BCUT2D eigenvalue weighted by molar-refractivity contribution is 9.10. The van der Waals surface area contributed by atoms with Gasteiger partial charge in [0.05, 0.1) is 16.7 Å². The van der Waals surface area contributed by atoms with Gasteiger partial charge >= 0.3 is 0 Å². The van der Waals surface area contributed by atoms with Crippen molar-refractivity contribution in [2.75, 3.05) is 5.32 Å². The van der Waals surface area contributed by atoms with Crippen molar-refractivity contribution < 1.29 is 8.78 Å². The van der Waals surface area contributed by atoms with E-state index in [0.717, 1.165) is 21.6 Å². The lowest BCUT2D eigenvalue weighted by Gasteiger charge is -2.03. The molecule has 22 heavy (non-hydrogen) atoms. The molecule has 0 aliphatic carbocycles. The van der Waals surface area contributed by atoms with Gasteiger partial charge < -0.3 is 5.32 Å². The molecule has 4 aromatic rings. The standard InChI is InChI=1S/C14H8BrF2N5/c15-7-1-4-12-11(5-7)19-14-20-13(21-22(12)14)18-10-3-2-8(16)6-9(10)17/h1-6H,(H2,18,19,20,21). The minimum absolute atomic E-state index is 0.130. The molecule has 2 aromatic heterocycles. The Balaban J connectivity index is 1.76. The number of anilines is 2. The molecule has 0 atom stereocenters. The Kier molecular flexibility index (Phi) is 2.86. The summed E-state index contributed by atoms with van der Waals surface area (Å²) in [6, 6.07) is 8.95. The fraction of sp³-hybridized carbons (Fsp3) is 0. The van der Waals surface area contributed by atoms with Crippen LogP contribution in [0.1, 0.15) is 0 Å². The Hall–Kier alpha value is -2.48. The van der Waals surface area contributed by atoms with E-state index < -0.39 is 11.6 Å². The first-order valence-corrected chi connectivity index (χ1v) is 7.15. The quantitative estimate of drug-likeness (QED) is 0.566. The third-order valence-electron chi connectivity index (χ3n) is 3.21. The number of H-pyrrole nitrogens is 1. The number of imidazole rings is 1. The number of aromatic nitrogens is 4. The lowest BCUT2D eigenvalue weighted by molar-refractivity contribution is 0.586. The number of rotatable bonds is 2.